The number of carbonyl (C=O) groups excluding carboxylic acids is 2. The Balaban J connectivity index is 1.23. The molecule has 1 aliphatic carbocycles. The average molecular weight is 411 g/mol. The van der Waals surface area contributed by atoms with Crippen molar-refractivity contribution < 1.29 is 9.59 Å². The van der Waals surface area contributed by atoms with Crippen LogP contribution in [0.1, 0.15) is 24.2 Å². The summed E-state index contributed by atoms with van der Waals surface area (Å²) in [6, 6.07) is 5.83. The van der Waals surface area contributed by atoms with Gasteiger partial charge in [0, 0.05) is 50.6 Å². The van der Waals surface area contributed by atoms with Gasteiger partial charge < -0.3 is 10.6 Å². The normalized spacial score (nSPS) is 23.3. The van der Waals surface area contributed by atoms with Crippen LogP contribution < -0.4 is 10.6 Å². The number of piperidine rings is 1. The summed E-state index contributed by atoms with van der Waals surface area (Å²) in [4.78, 5) is 31.6. The number of hydrogen-bond acceptors (Lipinski definition) is 5. The summed E-state index contributed by atoms with van der Waals surface area (Å²) in [5.74, 6) is 1.13. The maximum atomic E-state index is 12.6. The minimum absolute atomic E-state index is 0.0276. The topological polar surface area (TPSA) is 92.2 Å². The Bertz CT molecular complexity index is 896. The molecule has 1 saturated heterocycles. The fourth-order valence-corrected chi connectivity index (χ4v) is 4.71. The summed E-state index contributed by atoms with van der Waals surface area (Å²) in [5.41, 5.74) is 2.56. The van der Waals surface area contributed by atoms with Gasteiger partial charge in [-0.2, -0.15) is 5.10 Å². The number of aryl methyl sites for hydroxylation is 2. The van der Waals surface area contributed by atoms with E-state index in [0.29, 0.717) is 24.9 Å². The monoisotopic (exact) mass is 410 g/mol. The number of hydrogen-bond donors (Lipinski definition) is 2. The van der Waals surface area contributed by atoms with E-state index < -0.39 is 0 Å². The van der Waals surface area contributed by atoms with Crippen molar-refractivity contribution in [2.45, 2.75) is 26.2 Å². The zero-order valence-electron chi connectivity index (χ0n) is 17.7. The van der Waals surface area contributed by atoms with Gasteiger partial charge in [-0.15, -0.1) is 0 Å². The zero-order chi connectivity index (χ0) is 21.1. The smallest absolute Gasteiger partial charge is 0.238 e. The van der Waals surface area contributed by atoms with Crippen molar-refractivity contribution in [3.05, 3.63) is 42.0 Å². The molecule has 2 fully saturated rings. The average Bonchev–Trinajstić information content (AvgIpc) is 3.01. The molecule has 4 rings (SSSR count). The molecular weight excluding hydrogens is 380 g/mol. The SMILES string of the molecule is Cc1nn(C)cc1NC(=O)CN1CC[C@@H]2C[C@@H](C(=O)NCCc3ccccn3)[C@@H]2C1. The van der Waals surface area contributed by atoms with Crippen molar-refractivity contribution in [1.82, 2.24) is 25.0 Å². The number of carbonyl (C=O) groups is 2. The second-order valence-corrected chi connectivity index (χ2v) is 8.50. The molecule has 2 N–H and O–H groups in total. The van der Waals surface area contributed by atoms with Crippen LogP contribution in [0.2, 0.25) is 0 Å². The van der Waals surface area contributed by atoms with Gasteiger partial charge in [0.05, 0.1) is 17.9 Å². The van der Waals surface area contributed by atoms with Crippen LogP contribution in [0, 0.1) is 24.7 Å². The van der Waals surface area contributed by atoms with Crippen molar-refractivity contribution >= 4 is 17.5 Å². The van der Waals surface area contributed by atoms with Crippen LogP contribution in [-0.4, -0.2) is 57.7 Å². The van der Waals surface area contributed by atoms with E-state index >= 15 is 0 Å². The number of fused-ring (bicyclic) bond motifs is 1. The van der Waals surface area contributed by atoms with E-state index in [2.05, 4.69) is 25.6 Å². The quantitative estimate of drug-likeness (QED) is 0.720. The van der Waals surface area contributed by atoms with Gasteiger partial charge in [0.1, 0.15) is 0 Å². The Hall–Kier alpha value is -2.74. The lowest BCUT2D eigenvalue weighted by molar-refractivity contribution is -0.137. The molecule has 2 aliphatic rings. The van der Waals surface area contributed by atoms with Crippen LogP contribution in [0.15, 0.2) is 30.6 Å². The lowest BCUT2D eigenvalue weighted by Gasteiger charge is -2.50. The molecule has 0 unspecified atom stereocenters. The molecule has 0 spiro atoms. The molecule has 0 radical (unpaired) electrons. The first kappa shape index (κ1) is 20.5. The summed E-state index contributed by atoms with van der Waals surface area (Å²) in [6.45, 7) is 4.56. The molecule has 1 aliphatic heterocycles. The number of pyridine rings is 1. The van der Waals surface area contributed by atoms with Crippen molar-refractivity contribution in [1.29, 1.82) is 0 Å². The number of aromatic nitrogens is 3. The van der Waals surface area contributed by atoms with Crippen LogP contribution in [0.3, 0.4) is 0 Å². The van der Waals surface area contributed by atoms with Gasteiger partial charge in [0.15, 0.2) is 0 Å². The summed E-state index contributed by atoms with van der Waals surface area (Å²) < 4.78 is 1.70. The standard InChI is InChI=1S/C22H30N6O2/c1-15-20(13-27(2)26-15)25-21(29)14-28-10-7-16-11-18(19(16)12-28)22(30)24-9-6-17-5-3-4-8-23-17/h3-5,8,13,16,18-19H,6-7,9-12,14H2,1-2H3,(H,24,30)(H,25,29)/t16-,18-,19-/m1/s1. The molecule has 2 amide bonds. The molecule has 0 bridgehead atoms. The molecule has 2 aromatic rings. The number of rotatable bonds is 7. The minimum Gasteiger partial charge on any atom is -0.355 e. The van der Waals surface area contributed by atoms with Gasteiger partial charge in [0.2, 0.25) is 11.8 Å². The Kier molecular flexibility index (Phi) is 6.13. The van der Waals surface area contributed by atoms with Crippen molar-refractivity contribution in [2.24, 2.45) is 24.8 Å². The third-order valence-electron chi connectivity index (χ3n) is 6.36. The molecule has 8 nitrogen and oxygen atoms in total. The lowest BCUT2D eigenvalue weighted by atomic mass is 9.61. The lowest BCUT2D eigenvalue weighted by Crippen LogP contribution is -2.56. The van der Waals surface area contributed by atoms with Crippen LogP contribution in [-0.2, 0) is 23.1 Å². The molecule has 1 saturated carbocycles. The van der Waals surface area contributed by atoms with Gasteiger partial charge in [0.25, 0.3) is 0 Å². The van der Waals surface area contributed by atoms with Gasteiger partial charge in [-0.1, -0.05) is 6.07 Å². The Labute approximate surface area is 177 Å². The predicted molar refractivity (Wildman–Crippen MR) is 114 cm³/mol. The number of likely N-dealkylation sites (tertiary alicyclic amines) is 1. The Morgan fingerprint density at radius 3 is 2.90 bits per heavy atom. The maximum Gasteiger partial charge on any atom is 0.238 e. The summed E-state index contributed by atoms with van der Waals surface area (Å²) in [6.07, 6.45) is 6.36. The van der Waals surface area contributed by atoms with E-state index in [4.69, 9.17) is 0 Å². The molecule has 3 atom stereocenters. The number of amides is 2. The second-order valence-electron chi connectivity index (χ2n) is 8.50. The first-order chi connectivity index (χ1) is 14.5. The highest BCUT2D eigenvalue weighted by molar-refractivity contribution is 5.92. The molecule has 160 valence electrons. The van der Waals surface area contributed by atoms with Crippen LogP contribution in [0.4, 0.5) is 5.69 Å². The molecule has 30 heavy (non-hydrogen) atoms. The molecule has 2 aromatic heterocycles. The van der Waals surface area contributed by atoms with Gasteiger partial charge in [-0.3, -0.25) is 24.2 Å². The van der Waals surface area contributed by atoms with Crippen LogP contribution >= 0.6 is 0 Å². The van der Waals surface area contributed by atoms with E-state index in [1.807, 2.05) is 38.4 Å². The van der Waals surface area contributed by atoms with E-state index in [-0.39, 0.29) is 17.7 Å². The van der Waals surface area contributed by atoms with Gasteiger partial charge in [-0.05, 0) is 50.3 Å². The number of nitrogens with zero attached hydrogens (tertiary/aromatic N) is 4. The van der Waals surface area contributed by atoms with E-state index in [1.54, 1.807) is 10.9 Å². The highest BCUT2D eigenvalue weighted by Gasteiger charge is 2.47. The summed E-state index contributed by atoms with van der Waals surface area (Å²) >= 11 is 0. The molecular formula is C22H30N6O2. The van der Waals surface area contributed by atoms with E-state index in [1.165, 1.54) is 0 Å². The summed E-state index contributed by atoms with van der Waals surface area (Å²) in [5, 5.41) is 10.3. The number of anilines is 1. The first-order valence-corrected chi connectivity index (χ1v) is 10.7. The van der Waals surface area contributed by atoms with E-state index in [0.717, 1.165) is 49.4 Å². The van der Waals surface area contributed by atoms with Crippen molar-refractivity contribution in [3.8, 4) is 0 Å². The summed E-state index contributed by atoms with van der Waals surface area (Å²) in [7, 11) is 1.84. The van der Waals surface area contributed by atoms with Crippen LogP contribution in [0.25, 0.3) is 0 Å². The third kappa shape index (κ3) is 4.70. The first-order valence-electron chi connectivity index (χ1n) is 10.7. The van der Waals surface area contributed by atoms with Gasteiger partial charge >= 0.3 is 0 Å². The van der Waals surface area contributed by atoms with Crippen molar-refractivity contribution in [3.63, 3.8) is 0 Å². The second kappa shape index (κ2) is 8.95. The third-order valence-corrected chi connectivity index (χ3v) is 6.36. The largest absolute Gasteiger partial charge is 0.355 e. The fourth-order valence-electron chi connectivity index (χ4n) is 4.71. The zero-order valence-corrected chi connectivity index (χ0v) is 17.7. The highest BCUT2D eigenvalue weighted by Crippen LogP contribution is 2.45. The van der Waals surface area contributed by atoms with Crippen molar-refractivity contribution in [2.75, 3.05) is 31.5 Å². The molecule has 8 heteroatoms. The Morgan fingerprint density at radius 2 is 2.17 bits per heavy atom. The predicted octanol–water partition coefficient (Wildman–Crippen LogP) is 1.38. The minimum atomic E-state index is -0.0276. The molecule has 3 heterocycles. The number of nitrogens with one attached hydrogen (secondary N) is 2. The van der Waals surface area contributed by atoms with E-state index in [9.17, 15) is 9.59 Å². The fraction of sp³-hybridized carbons (Fsp3) is 0.545. The Morgan fingerprint density at radius 1 is 1.30 bits per heavy atom. The highest BCUT2D eigenvalue weighted by atomic mass is 16.2. The molecule has 0 aromatic carbocycles. The van der Waals surface area contributed by atoms with Crippen LogP contribution in [0.5, 0.6) is 0 Å². The maximum absolute atomic E-state index is 12.6. The van der Waals surface area contributed by atoms with Gasteiger partial charge in [-0.25, -0.2) is 0 Å².